The van der Waals surface area contributed by atoms with E-state index in [0.717, 1.165) is 28.0 Å². The average Bonchev–Trinajstić information content (AvgIpc) is 2.98. The highest BCUT2D eigenvalue weighted by Gasteiger charge is 2.13. The minimum atomic E-state index is -3.23. The third-order valence-electron chi connectivity index (χ3n) is 3.09. The summed E-state index contributed by atoms with van der Waals surface area (Å²) in [6.07, 6.45) is 1.17. The Kier molecular flexibility index (Phi) is 3.61. The summed E-state index contributed by atoms with van der Waals surface area (Å²) < 4.78 is 23.1. The third-order valence-corrected chi connectivity index (χ3v) is 5.64. The van der Waals surface area contributed by atoms with Crippen LogP contribution in [0.2, 0.25) is 0 Å². The summed E-state index contributed by atoms with van der Waals surface area (Å²) in [6.45, 7) is 0. The molecule has 0 aliphatic carbocycles. The van der Waals surface area contributed by atoms with Gasteiger partial charge in [0, 0.05) is 17.2 Å². The maximum absolute atomic E-state index is 11.5. The molecule has 0 fully saturated rings. The van der Waals surface area contributed by atoms with E-state index in [1.807, 2.05) is 42.5 Å². The van der Waals surface area contributed by atoms with Crippen LogP contribution in [0.25, 0.3) is 22.4 Å². The zero-order valence-electron chi connectivity index (χ0n) is 11.4. The van der Waals surface area contributed by atoms with Gasteiger partial charge in [0.15, 0.2) is 0 Å². The second-order valence-corrected chi connectivity index (χ2v) is 7.76. The van der Waals surface area contributed by atoms with Crippen LogP contribution in [0.1, 0.15) is 0 Å². The van der Waals surface area contributed by atoms with Crippen molar-refractivity contribution in [2.45, 2.75) is 4.34 Å². The zero-order valence-corrected chi connectivity index (χ0v) is 13.0. The topological polar surface area (TPSA) is 47.0 Å². The summed E-state index contributed by atoms with van der Waals surface area (Å²) in [6, 6.07) is 18.1. The molecule has 0 N–H and O–H groups in total. The van der Waals surface area contributed by atoms with E-state index in [1.165, 1.54) is 6.26 Å². The van der Waals surface area contributed by atoms with Crippen LogP contribution in [-0.2, 0) is 9.84 Å². The summed E-state index contributed by atoms with van der Waals surface area (Å²) in [5.74, 6) is 0. The van der Waals surface area contributed by atoms with Crippen LogP contribution in [0, 0.1) is 0 Å². The van der Waals surface area contributed by atoms with Gasteiger partial charge in [-0.25, -0.2) is 13.4 Å². The van der Waals surface area contributed by atoms with Crippen molar-refractivity contribution in [1.82, 2.24) is 4.98 Å². The first-order chi connectivity index (χ1) is 10.0. The van der Waals surface area contributed by atoms with Gasteiger partial charge in [-0.1, -0.05) is 54.6 Å². The number of sulfone groups is 1. The highest BCUT2D eigenvalue weighted by molar-refractivity contribution is 7.92. The maximum atomic E-state index is 11.5. The van der Waals surface area contributed by atoms with Gasteiger partial charge in [-0.3, -0.25) is 0 Å². The quantitative estimate of drug-likeness (QED) is 0.737. The van der Waals surface area contributed by atoms with Crippen molar-refractivity contribution < 1.29 is 8.42 Å². The number of benzene rings is 2. The summed E-state index contributed by atoms with van der Waals surface area (Å²) >= 11 is 1.15. The van der Waals surface area contributed by atoms with Gasteiger partial charge < -0.3 is 0 Å². The normalized spacial score (nSPS) is 11.5. The van der Waals surface area contributed by atoms with E-state index in [-0.39, 0.29) is 4.34 Å². The van der Waals surface area contributed by atoms with Gasteiger partial charge in [-0.2, -0.15) is 0 Å². The minimum Gasteiger partial charge on any atom is -0.225 e. The maximum Gasteiger partial charge on any atom is 0.209 e. The lowest BCUT2D eigenvalue weighted by atomic mass is 10.0. The van der Waals surface area contributed by atoms with Crippen molar-refractivity contribution in [3.05, 3.63) is 60.0 Å². The average molecular weight is 315 g/mol. The smallest absolute Gasteiger partial charge is 0.209 e. The number of nitrogens with zero attached hydrogens (tertiary/aromatic N) is 1. The number of thiazole rings is 1. The standard InChI is InChI=1S/C16H13NO2S2/c1-21(18,19)16-17-15(11-20-16)14-9-7-13(8-10-14)12-5-3-2-4-6-12/h2-11H,1H3. The van der Waals surface area contributed by atoms with Crippen LogP contribution in [-0.4, -0.2) is 19.7 Å². The van der Waals surface area contributed by atoms with Crippen molar-refractivity contribution in [3.63, 3.8) is 0 Å². The molecule has 1 aromatic heterocycles. The van der Waals surface area contributed by atoms with Crippen molar-refractivity contribution >= 4 is 21.2 Å². The van der Waals surface area contributed by atoms with Gasteiger partial charge in [0.1, 0.15) is 0 Å². The Labute approximate surface area is 127 Å². The molecule has 0 bridgehead atoms. The van der Waals surface area contributed by atoms with E-state index in [0.29, 0.717) is 5.69 Å². The Balaban J connectivity index is 1.93. The predicted molar refractivity (Wildman–Crippen MR) is 86.1 cm³/mol. The number of hydrogen-bond donors (Lipinski definition) is 0. The molecular formula is C16H13NO2S2. The van der Waals surface area contributed by atoms with E-state index < -0.39 is 9.84 Å². The lowest BCUT2D eigenvalue weighted by molar-refractivity contribution is 0.601. The van der Waals surface area contributed by atoms with Gasteiger partial charge in [0.2, 0.25) is 14.2 Å². The SMILES string of the molecule is CS(=O)(=O)c1nc(-c2ccc(-c3ccccc3)cc2)cs1. The van der Waals surface area contributed by atoms with Crippen LogP contribution in [0.3, 0.4) is 0 Å². The molecule has 0 aliphatic rings. The Hall–Kier alpha value is -1.98. The molecule has 3 rings (SSSR count). The molecule has 0 atom stereocenters. The van der Waals surface area contributed by atoms with Gasteiger partial charge >= 0.3 is 0 Å². The molecule has 1 heterocycles. The molecule has 5 heteroatoms. The van der Waals surface area contributed by atoms with Crippen LogP contribution in [0.5, 0.6) is 0 Å². The van der Waals surface area contributed by atoms with E-state index in [4.69, 9.17) is 0 Å². The molecule has 0 radical (unpaired) electrons. The first-order valence-electron chi connectivity index (χ1n) is 6.35. The molecule has 3 nitrogen and oxygen atoms in total. The number of hydrogen-bond acceptors (Lipinski definition) is 4. The fourth-order valence-electron chi connectivity index (χ4n) is 2.02. The van der Waals surface area contributed by atoms with Crippen LogP contribution >= 0.6 is 11.3 Å². The van der Waals surface area contributed by atoms with E-state index in [2.05, 4.69) is 17.1 Å². The summed E-state index contributed by atoms with van der Waals surface area (Å²) in [5.41, 5.74) is 3.89. The van der Waals surface area contributed by atoms with Gasteiger partial charge in [0.05, 0.1) is 5.69 Å². The minimum absolute atomic E-state index is 0.157. The van der Waals surface area contributed by atoms with Gasteiger partial charge in [-0.05, 0) is 11.1 Å². The predicted octanol–water partition coefficient (Wildman–Crippen LogP) is 3.88. The first-order valence-corrected chi connectivity index (χ1v) is 9.12. The van der Waals surface area contributed by atoms with Gasteiger partial charge in [-0.15, -0.1) is 11.3 Å². The molecule has 0 saturated carbocycles. The Morgan fingerprint density at radius 1 is 0.857 bits per heavy atom. The number of aromatic nitrogens is 1. The highest BCUT2D eigenvalue weighted by Crippen LogP contribution is 2.27. The molecule has 21 heavy (non-hydrogen) atoms. The Bertz CT molecular complexity index is 851. The zero-order chi connectivity index (χ0) is 14.9. The lowest BCUT2D eigenvalue weighted by Crippen LogP contribution is -1.95. The highest BCUT2D eigenvalue weighted by atomic mass is 32.2. The Morgan fingerprint density at radius 2 is 1.43 bits per heavy atom. The van der Waals surface area contributed by atoms with Crippen LogP contribution in [0.4, 0.5) is 0 Å². The monoisotopic (exact) mass is 315 g/mol. The van der Waals surface area contributed by atoms with Crippen LogP contribution < -0.4 is 0 Å². The molecule has 0 amide bonds. The molecule has 0 spiro atoms. The molecular weight excluding hydrogens is 302 g/mol. The fourth-order valence-corrected chi connectivity index (χ4v) is 3.68. The second kappa shape index (κ2) is 5.42. The molecule has 3 aromatic rings. The van der Waals surface area contributed by atoms with Crippen molar-refractivity contribution in [2.75, 3.05) is 6.26 Å². The third kappa shape index (κ3) is 3.04. The van der Waals surface area contributed by atoms with Crippen molar-refractivity contribution in [1.29, 1.82) is 0 Å². The fraction of sp³-hybridized carbons (Fsp3) is 0.0625. The van der Waals surface area contributed by atoms with E-state index >= 15 is 0 Å². The second-order valence-electron chi connectivity index (χ2n) is 4.71. The molecule has 2 aromatic carbocycles. The lowest BCUT2D eigenvalue weighted by Gasteiger charge is -2.02. The largest absolute Gasteiger partial charge is 0.225 e. The molecule has 0 aliphatic heterocycles. The van der Waals surface area contributed by atoms with Crippen LogP contribution in [0.15, 0.2) is 64.3 Å². The molecule has 0 unspecified atom stereocenters. The molecule has 106 valence electrons. The van der Waals surface area contributed by atoms with Gasteiger partial charge in [0.25, 0.3) is 0 Å². The molecule has 0 saturated heterocycles. The summed E-state index contributed by atoms with van der Waals surface area (Å²) in [4.78, 5) is 4.18. The first kappa shape index (κ1) is 14.0. The van der Waals surface area contributed by atoms with Crippen molar-refractivity contribution in [2.24, 2.45) is 0 Å². The Morgan fingerprint density at radius 3 is 2.00 bits per heavy atom. The van der Waals surface area contributed by atoms with Crippen molar-refractivity contribution in [3.8, 4) is 22.4 Å². The number of rotatable bonds is 3. The summed E-state index contributed by atoms with van der Waals surface area (Å²) in [7, 11) is -3.23. The summed E-state index contributed by atoms with van der Waals surface area (Å²) in [5, 5.41) is 1.77. The van der Waals surface area contributed by atoms with E-state index in [1.54, 1.807) is 5.38 Å². The van der Waals surface area contributed by atoms with E-state index in [9.17, 15) is 8.42 Å².